The van der Waals surface area contributed by atoms with Gasteiger partial charge in [-0.2, -0.15) is 0 Å². The SMILES string of the molecule is [2H]c1c([2H])c([C@]2([2H])CC[C@@H](C)CN2C(=O)C(=O)Nc2cncc(C(N)=O)c2)c([2H])c([2H])c1F. The molecule has 8 heteroatoms. The van der Waals surface area contributed by atoms with Gasteiger partial charge in [0.05, 0.1) is 30.3 Å². The fourth-order valence-corrected chi connectivity index (χ4v) is 2.89. The van der Waals surface area contributed by atoms with Crippen LogP contribution >= 0.6 is 0 Å². The van der Waals surface area contributed by atoms with Crippen molar-refractivity contribution in [2.75, 3.05) is 11.9 Å². The zero-order valence-corrected chi connectivity index (χ0v) is 15.0. The van der Waals surface area contributed by atoms with Crippen LogP contribution < -0.4 is 11.1 Å². The second-order valence-electron chi connectivity index (χ2n) is 6.48. The number of nitrogens with zero attached hydrogens (tertiary/aromatic N) is 2. The van der Waals surface area contributed by atoms with Crippen molar-refractivity contribution in [3.8, 4) is 0 Å². The van der Waals surface area contributed by atoms with Gasteiger partial charge >= 0.3 is 11.8 Å². The van der Waals surface area contributed by atoms with Gasteiger partial charge in [0.1, 0.15) is 5.82 Å². The van der Waals surface area contributed by atoms with E-state index in [1.807, 2.05) is 0 Å². The first-order chi connectivity index (χ1) is 15.4. The molecule has 0 aliphatic carbocycles. The molecule has 0 spiro atoms. The van der Waals surface area contributed by atoms with E-state index in [1.54, 1.807) is 6.92 Å². The smallest absolute Gasteiger partial charge is 0.313 e. The molecule has 3 N–H and O–H groups in total. The van der Waals surface area contributed by atoms with Crippen molar-refractivity contribution >= 4 is 23.4 Å². The third kappa shape index (κ3) is 4.33. The molecule has 1 fully saturated rings. The normalized spacial score (nSPS) is 24.3. The Bertz CT molecular complexity index is 1140. The number of nitrogens with two attached hydrogens (primary N) is 1. The maximum absolute atomic E-state index is 14.0. The monoisotopic (exact) mass is 389 g/mol. The first kappa shape index (κ1) is 13.8. The van der Waals surface area contributed by atoms with E-state index in [4.69, 9.17) is 12.6 Å². The minimum atomic E-state index is -2.14. The van der Waals surface area contributed by atoms with E-state index in [0.717, 1.165) is 4.90 Å². The highest BCUT2D eigenvalue weighted by atomic mass is 19.1. The van der Waals surface area contributed by atoms with Crippen LogP contribution in [-0.2, 0) is 9.59 Å². The minimum absolute atomic E-state index is 0.00311. The molecule has 1 aromatic heterocycles. The third-order valence-corrected chi connectivity index (χ3v) is 4.30. The number of anilines is 1. The molecule has 3 rings (SSSR count). The van der Waals surface area contributed by atoms with Crippen molar-refractivity contribution in [3.05, 3.63) is 59.6 Å². The van der Waals surface area contributed by atoms with Crippen LogP contribution in [0, 0.1) is 11.7 Å². The Morgan fingerprint density at radius 3 is 2.68 bits per heavy atom. The largest absolute Gasteiger partial charge is 0.366 e. The van der Waals surface area contributed by atoms with Crippen LogP contribution in [0.1, 0.15) is 48.6 Å². The lowest BCUT2D eigenvalue weighted by Gasteiger charge is -2.38. The minimum Gasteiger partial charge on any atom is -0.366 e. The molecule has 146 valence electrons. The molecule has 0 saturated carbocycles. The molecule has 1 saturated heterocycles. The van der Waals surface area contributed by atoms with Crippen LogP contribution in [0.4, 0.5) is 10.1 Å². The van der Waals surface area contributed by atoms with E-state index in [9.17, 15) is 18.8 Å². The molecule has 1 aliphatic heterocycles. The zero-order valence-electron chi connectivity index (χ0n) is 20.0. The number of piperidine rings is 1. The predicted octanol–water partition coefficient (Wildman–Crippen LogP) is 2.26. The fraction of sp³-hybridized carbons (Fsp3) is 0.300. The highest BCUT2D eigenvalue weighted by Gasteiger charge is 2.34. The van der Waals surface area contributed by atoms with Crippen LogP contribution in [0.2, 0.25) is 0 Å². The lowest BCUT2D eigenvalue weighted by molar-refractivity contribution is -0.146. The van der Waals surface area contributed by atoms with Crippen LogP contribution in [-0.4, -0.2) is 34.2 Å². The summed E-state index contributed by atoms with van der Waals surface area (Å²) in [7, 11) is 0. The maximum Gasteiger partial charge on any atom is 0.313 e. The van der Waals surface area contributed by atoms with Gasteiger partial charge in [0.15, 0.2) is 0 Å². The molecular formula is C20H21FN4O3. The number of halogens is 1. The number of pyridine rings is 1. The molecule has 0 unspecified atom stereocenters. The Balaban J connectivity index is 2.01. The molecule has 1 aliphatic rings. The van der Waals surface area contributed by atoms with Gasteiger partial charge in [-0.1, -0.05) is 19.0 Å². The van der Waals surface area contributed by atoms with Gasteiger partial charge < -0.3 is 16.0 Å². The maximum atomic E-state index is 14.0. The number of carbonyl (C=O) groups is 3. The molecule has 7 nitrogen and oxygen atoms in total. The molecule has 2 heterocycles. The molecule has 2 aromatic rings. The van der Waals surface area contributed by atoms with E-state index < -0.39 is 59.3 Å². The zero-order chi connectivity index (χ0) is 24.7. The lowest BCUT2D eigenvalue weighted by atomic mass is 9.90. The highest BCUT2D eigenvalue weighted by molar-refractivity contribution is 6.39. The summed E-state index contributed by atoms with van der Waals surface area (Å²) < 4.78 is 54.8. The fourth-order valence-electron chi connectivity index (χ4n) is 2.89. The molecule has 1 aromatic carbocycles. The topological polar surface area (TPSA) is 105 Å². The summed E-state index contributed by atoms with van der Waals surface area (Å²) >= 11 is 0. The van der Waals surface area contributed by atoms with E-state index in [1.165, 1.54) is 18.5 Å². The molecule has 0 bridgehead atoms. The lowest BCUT2D eigenvalue weighted by Crippen LogP contribution is -2.46. The van der Waals surface area contributed by atoms with Crippen LogP contribution in [0.25, 0.3) is 0 Å². The van der Waals surface area contributed by atoms with Crippen molar-refractivity contribution in [2.24, 2.45) is 11.7 Å². The Hall–Kier alpha value is -3.29. The molecular weight excluding hydrogens is 363 g/mol. The number of hydrogen-bond donors (Lipinski definition) is 2. The van der Waals surface area contributed by atoms with Gasteiger partial charge in [-0.25, -0.2) is 4.39 Å². The Labute approximate surface area is 168 Å². The Kier molecular flexibility index (Phi) is 4.03. The number of likely N-dealkylation sites (tertiary alicyclic amines) is 1. The van der Waals surface area contributed by atoms with Gasteiger partial charge in [0.2, 0.25) is 5.91 Å². The van der Waals surface area contributed by atoms with Crippen molar-refractivity contribution in [2.45, 2.75) is 25.8 Å². The summed E-state index contributed by atoms with van der Waals surface area (Å²) in [5, 5.41) is 2.29. The molecule has 2 atom stereocenters. The summed E-state index contributed by atoms with van der Waals surface area (Å²) in [6, 6.07) is -4.40. The highest BCUT2D eigenvalue weighted by Crippen LogP contribution is 2.33. The first-order valence-electron chi connectivity index (χ1n) is 11.0. The van der Waals surface area contributed by atoms with Gasteiger partial charge in [0, 0.05) is 12.7 Å². The van der Waals surface area contributed by atoms with E-state index in [-0.39, 0.29) is 30.1 Å². The molecule has 0 radical (unpaired) electrons. The van der Waals surface area contributed by atoms with Crippen LogP contribution in [0.15, 0.2) is 42.6 Å². The summed E-state index contributed by atoms with van der Waals surface area (Å²) in [6.45, 7) is 1.71. The van der Waals surface area contributed by atoms with Crippen molar-refractivity contribution in [3.63, 3.8) is 0 Å². The van der Waals surface area contributed by atoms with Crippen LogP contribution in [0.3, 0.4) is 0 Å². The second-order valence-corrected chi connectivity index (χ2v) is 6.48. The van der Waals surface area contributed by atoms with Gasteiger partial charge in [0.25, 0.3) is 0 Å². The Morgan fingerprint density at radius 2 is 2.00 bits per heavy atom. The number of primary amides is 1. The number of hydrogen-bond acceptors (Lipinski definition) is 4. The summed E-state index contributed by atoms with van der Waals surface area (Å²) in [5.74, 6) is -4.61. The van der Waals surface area contributed by atoms with Gasteiger partial charge in [-0.05, 0) is 42.5 Å². The number of aromatic nitrogens is 1. The Morgan fingerprint density at radius 1 is 1.29 bits per heavy atom. The van der Waals surface area contributed by atoms with E-state index in [0.29, 0.717) is 6.42 Å². The van der Waals surface area contributed by atoms with Gasteiger partial charge in [-0.3, -0.25) is 19.4 Å². The third-order valence-electron chi connectivity index (χ3n) is 4.30. The summed E-state index contributed by atoms with van der Waals surface area (Å²) in [4.78, 5) is 41.8. The molecule has 28 heavy (non-hydrogen) atoms. The number of nitrogens with one attached hydrogen (secondary N) is 1. The molecule has 3 amide bonds. The number of benzene rings is 1. The number of carbonyl (C=O) groups excluding carboxylic acids is 3. The van der Waals surface area contributed by atoms with E-state index >= 15 is 0 Å². The van der Waals surface area contributed by atoms with Crippen LogP contribution in [0.5, 0.6) is 0 Å². The summed E-state index contributed by atoms with van der Waals surface area (Å²) in [6.07, 6.45) is 2.68. The van der Waals surface area contributed by atoms with Crippen molar-refractivity contribution in [1.29, 1.82) is 0 Å². The van der Waals surface area contributed by atoms with Crippen molar-refractivity contribution < 1.29 is 25.6 Å². The average Bonchev–Trinajstić information content (AvgIpc) is 2.77. The predicted molar refractivity (Wildman–Crippen MR) is 101 cm³/mol. The summed E-state index contributed by atoms with van der Waals surface area (Å²) in [5.41, 5.74) is 4.71. The second kappa shape index (κ2) is 8.16. The average molecular weight is 389 g/mol. The van der Waals surface area contributed by atoms with Crippen molar-refractivity contribution in [1.82, 2.24) is 9.88 Å². The quantitative estimate of drug-likeness (QED) is 0.786. The number of amides is 3. The standard InChI is InChI=1S/C20H21FN4O3/c1-12-2-7-17(13-3-5-15(21)6-4-13)25(11-12)20(28)19(27)24-16-8-14(18(22)26)9-23-10-16/h3-6,8-10,12,17H,2,7,11H2,1H3,(H2,22,26)(H,24,27)/t12-,17+/m1/s1/i3D,4D,5D,6D,17D. The number of rotatable bonds is 3. The first-order valence-corrected chi connectivity index (χ1v) is 8.52. The van der Waals surface area contributed by atoms with E-state index in [2.05, 4.69) is 10.3 Å². The van der Waals surface area contributed by atoms with Gasteiger partial charge in [-0.15, -0.1) is 0 Å².